The Morgan fingerprint density at radius 1 is 1.16 bits per heavy atom. The molecule has 0 aliphatic heterocycles. The number of carbonyl (C=O) groups is 2. The normalized spacial score (nSPS) is 11.8. The Hall–Kier alpha value is -2.07. The average molecular weight is 543 g/mol. The first-order valence-electron chi connectivity index (χ1n) is 9.08. The number of hydrogen-bond donors (Lipinski definition) is 2. The Morgan fingerprint density at radius 2 is 1.87 bits per heavy atom. The summed E-state index contributed by atoms with van der Waals surface area (Å²) in [6.45, 7) is 1.79. The van der Waals surface area contributed by atoms with Gasteiger partial charge < -0.3 is 15.2 Å². The summed E-state index contributed by atoms with van der Waals surface area (Å²) in [4.78, 5) is 24.7. The maximum atomic E-state index is 12.5. The third-order valence-electron chi connectivity index (χ3n) is 4.24. The molecule has 31 heavy (non-hydrogen) atoms. The molecule has 0 saturated carbocycles. The van der Waals surface area contributed by atoms with Crippen LogP contribution in [0.2, 0.25) is 10.0 Å². The highest BCUT2D eigenvalue weighted by atomic mass is 79.9. The summed E-state index contributed by atoms with van der Waals surface area (Å²) >= 11 is 16.6. The molecule has 0 fully saturated rings. The fraction of sp³-hybridized carbons (Fsp3) is 0.200. The first-order valence-corrected chi connectivity index (χ1v) is 11.6. The van der Waals surface area contributed by atoms with Crippen LogP contribution in [0, 0.1) is 0 Å². The zero-order chi connectivity index (χ0) is 22.5. The van der Waals surface area contributed by atoms with Crippen LogP contribution >= 0.6 is 50.9 Å². The Bertz CT molecular complexity index is 1110. The predicted molar refractivity (Wildman–Crippen MR) is 127 cm³/mol. The van der Waals surface area contributed by atoms with E-state index in [0.29, 0.717) is 27.3 Å². The quantitative estimate of drug-likeness (QED) is 0.405. The molecule has 0 saturated heterocycles. The Morgan fingerprint density at radius 3 is 2.55 bits per heavy atom. The summed E-state index contributed by atoms with van der Waals surface area (Å²) in [7, 11) is 1.78. The SMILES string of the molecule is C[C@H](NC(=O)c1ccc(Cl)cc1Cl)c1nnc(SCC(=O)Nc2ccc(Br)cc2)n1C. The topological polar surface area (TPSA) is 88.9 Å². The molecule has 0 radical (unpaired) electrons. The summed E-state index contributed by atoms with van der Waals surface area (Å²) in [5.41, 5.74) is 1.03. The van der Waals surface area contributed by atoms with Gasteiger partial charge in [-0.2, -0.15) is 0 Å². The van der Waals surface area contributed by atoms with Gasteiger partial charge >= 0.3 is 0 Å². The number of thioether (sulfide) groups is 1. The molecule has 2 aromatic carbocycles. The second-order valence-corrected chi connectivity index (χ2v) is 9.26. The average Bonchev–Trinajstić information content (AvgIpc) is 3.08. The van der Waals surface area contributed by atoms with E-state index in [-0.39, 0.29) is 22.6 Å². The van der Waals surface area contributed by atoms with E-state index in [0.717, 1.165) is 4.47 Å². The second kappa shape index (κ2) is 10.5. The van der Waals surface area contributed by atoms with Gasteiger partial charge in [-0.1, -0.05) is 50.9 Å². The lowest BCUT2D eigenvalue weighted by atomic mass is 10.2. The number of amides is 2. The summed E-state index contributed by atoms with van der Waals surface area (Å²) in [5.74, 6) is 0.216. The van der Waals surface area contributed by atoms with Crippen molar-refractivity contribution in [1.82, 2.24) is 20.1 Å². The van der Waals surface area contributed by atoms with Crippen LogP contribution in [-0.4, -0.2) is 32.3 Å². The molecule has 3 aromatic rings. The maximum Gasteiger partial charge on any atom is 0.253 e. The van der Waals surface area contributed by atoms with E-state index in [1.807, 2.05) is 24.3 Å². The van der Waals surface area contributed by atoms with E-state index in [2.05, 4.69) is 36.8 Å². The lowest BCUT2D eigenvalue weighted by Crippen LogP contribution is -2.28. The van der Waals surface area contributed by atoms with E-state index < -0.39 is 6.04 Å². The van der Waals surface area contributed by atoms with Gasteiger partial charge in [0, 0.05) is 22.2 Å². The van der Waals surface area contributed by atoms with Crippen LogP contribution in [-0.2, 0) is 11.8 Å². The lowest BCUT2D eigenvalue weighted by Gasteiger charge is -2.14. The number of aromatic nitrogens is 3. The summed E-state index contributed by atoms with van der Waals surface area (Å²) in [5, 5.41) is 15.2. The van der Waals surface area contributed by atoms with Gasteiger partial charge in [0.15, 0.2) is 11.0 Å². The van der Waals surface area contributed by atoms with Crippen LogP contribution in [0.25, 0.3) is 0 Å². The molecule has 0 unspecified atom stereocenters. The standard InChI is InChI=1S/C20H18BrCl2N5O2S/c1-11(24-19(30)15-8-5-13(22)9-16(15)23)18-26-27-20(28(18)2)31-10-17(29)25-14-6-3-12(21)4-7-14/h3-9,11H,10H2,1-2H3,(H,24,30)(H,25,29)/t11-/m0/s1. The molecule has 1 atom stereocenters. The van der Waals surface area contributed by atoms with Crippen molar-refractivity contribution in [3.8, 4) is 0 Å². The summed E-state index contributed by atoms with van der Waals surface area (Å²) in [6.07, 6.45) is 0. The third-order valence-corrected chi connectivity index (χ3v) is 6.34. The minimum absolute atomic E-state index is 0.157. The van der Waals surface area contributed by atoms with Gasteiger partial charge in [-0.05, 0) is 49.4 Å². The minimum atomic E-state index is -0.428. The van der Waals surface area contributed by atoms with Gasteiger partial charge in [0.05, 0.1) is 22.4 Å². The van der Waals surface area contributed by atoms with Crippen LogP contribution in [0.3, 0.4) is 0 Å². The van der Waals surface area contributed by atoms with Gasteiger partial charge in [-0.3, -0.25) is 9.59 Å². The molecule has 3 rings (SSSR count). The van der Waals surface area contributed by atoms with Crippen molar-refractivity contribution in [2.24, 2.45) is 7.05 Å². The molecule has 0 aliphatic rings. The number of anilines is 1. The van der Waals surface area contributed by atoms with Crippen LogP contribution in [0.5, 0.6) is 0 Å². The number of rotatable bonds is 7. The molecule has 11 heteroatoms. The second-order valence-electron chi connectivity index (χ2n) is 6.56. The third kappa shape index (κ3) is 6.22. The fourth-order valence-electron chi connectivity index (χ4n) is 2.70. The number of nitrogens with one attached hydrogen (secondary N) is 2. The molecule has 0 spiro atoms. The van der Waals surface area contributed by atoms with Crippen LogP contribution in [0.4, 0.5) is 5.69 Å². The summed E-state index contributed by atoms with van der Waals surface area (Å²) < 4.78 is 2.68. The van der Waals surface area contributed by atoms with Gasteiger partial charge in [-0.15, -0.1) is 10.2 Å². The fourth-order valence-corrected chi connectivity index (χ4v) is 4.18. The van der Waals surface area contributed by atoms with Crippen molar-refractivity contribution in [2.45, 2.75) is 18.1 Å². The Labute approximate surface area is 202 Å². The van der Waals surface area contributed by atoms with Crippen LogP contribution in [0.15, 0.2) is 52.1 Å². The highest BCUT2D eigenvalue weighted by molar-refractivity contribution is 9.10. The number of hydrogen-bond acceptors (Lipinski definition) is 5. The highest BCUT2D eigenvalue weighted by Crippen LogP contribution is 2.23. The largest absolute Gasteiger partial charge is 0.342 e. The van der Waals surface area contributed by atoms with Crippen molar-refractivity contribution < 1.29 is 9.59 Å². The highest BCUT2D eigenvalue weighted by Gasteiger charge is 2.20. The maximum absolute atomic E-state index is 12.5. The number of nitrogens with zero attached hydrogens (tertiary/aromatic N) is 3. The predicted octanol–water partition coefficient (Wildman–Crippen LogP) is 5.11. The van der Waals surface area contributed by atoms with E-state index in [4.69, 9.17) is 23.2 Å². The first-order chi connectivity index (χ1) is 14.7. The molecule has 0 aliphatic carbocycles. The van der Waals surface area contributed by atoms with Crippen LogP contribution < -0.4 is 10.6 Å². The van der Waals surface area contributed by atoms with Crippen molar-refractivity contribution in [2.75, 3.05) is 11.1 Å². The molecule has 1 heterocycles. The van der Waals surface area contributed by atoms with Crippen molar-refractivity contribution >= 4 is 68.4 Å². The molecular formula is C20H18BrCl2N5O2S. The molecule has 0 bridgehead atoms. The molecule has 2 amide bonds. The van der Waals surface area contributed by atoms with Crippen molar-refractivity contribution in [3.05, 3.63) is 68.4 Å². The zero-order valence-corrected chi connectivity index (χ0v) is 20.4. The van der Waals surface area contributed by atoms with E-state index in [9.17, 15) is 9.59 Å². The Kier molecular flexibility index (Phi) is 7.99. The number of carbonyl (C=O) groups excluding carboxylic acids is 2. The van der Waals surface area contributed by atoms with Gasteiger partial charge in [-0.25, -0.2) is 0 Å². The van der Waals surface area contributed by atoms with Gasteiger partial charge in [0.25, 0.3) is 5.91 Å². The zero-order valence-electron chi connectivity index (χ0n) is 16.5. The lowest BCUT2D eigenvalue weighted by molar-refractivity contribution is -0.113. The smallest absolute Gasteiger partial charge is 0.253 e. The Balaban J connectivity index is 1.59. The van der Waals surface area contributed by atoms with Gasteiger partial charge in [0.1, 0.15) is 0 Å². The molecular weight excluding hydrogens is 525 g/mol. The van der Waals surface area contributed by atoms with Gasteiger partial charge in [0.2, 0.25) is 5.91 Å². The van der Waals surface area contributed by atoms with E-state index in [1.165, 1.54) is 17.8 Å². The molecule has 1 aromatic heterocycles. The number of benzene rings is 2. The van der Waals surface area contributed by atoms with E-state index in [1.54, 1.807) is 30.7 Å². The molecule has 7 nitrogen and oxygen atoms in total. The molecule has 162 valence electrons. The summed E-state index contributed by atoms with van der Waals surface area (Å²) in [6, 6.07) is 11.6. The molecule has 2 N–H and O–H groups in total. The first kappa shape index (κ1) is 23.6. The van der Waals surface area contributed by atoms with E-state index >= 15 is 0 Å². The minimum Gasteiger partial charge on any atom is -0.342 e. The van der Waals surface area contributed by atoms with Crippen LogP contribution in [0.1, 0.15) is 29.1 Å². The van der Waals surface area contributed by atoms with Crippen molar-refractivity contribution in [1.29, 1.82) is 0 Å². The number of halogens is 3. The monoisotopic (exact) mass is 541 g/mol. The van der Waals surface area contributed by atoms with Crippen molar-refractivity contribution in [3.63, 3.8) is 0 Å².